The van der Waals surface area contributed by atoms with Crippen LogP contribution in [0.4, 0.5) is 11.4 Å². The van der Waals surface area contributed by atoms with Gasteiger partial charge in [-0.2, -0.15) is 0 Å². The number of rotatable bonds is 12. The summed E-state index contributed by atoms with van der Waals surface area (Å²) in [5, 5.41) is 3.70. The number of nitrogens with zero attached hydrogens (tertiary/aromatic N) is 3. The summed E-state index contributed by atoms with van der Waals surface area (Å²) in [5.41, 5.74) is 4.71. The smallest absolute Gasteiger partial charge is 0.242 e. The monoisotopic (exact) mass is 612 g/mol. The minimum Gasteiger partial charge on any atom is -0.383 e. The summed E-state index contributed by atoms with van der Waals surface area (Å²) >= 11 is 12.4. The number of hydrogen-bond acceptors (Lipinski definition) is 6. The molecule has 1 aliphatic rings. The Balaban J connectivity index is 1.55. The fourth-order valence-electron chi connectivity index (χ4n) is 4.96. The average Bonchev–Trinajstić information content (AvgIpc) is 3.00. The largest absolute Gasteiger partial charge is 0.383 e. The van der Waals surface area contributed by atoms with Crippen LogP contribution in [0.15, 0.2) is 66.7 Å². The van der Waals surface area contributed by atoms with Gasteiger partial charge in [0.1, 0.15) is 0 Å². The molecule has 0 bridgehead atoms. The van der Waals surface area contributed by atoms with E-state index in [4.69, 9.17) is 32.7 Å². The minimum absolute atomic E-state index is 0.0203. The van der Waals surface area contributed by atoms with Crippen molar-refractivity contribution in [2.45, 2.75) is 13.0 Å². The lowest BCUT2D eigenvalue weighted by Gasteiger charge is -2.36. The third-order valence-corrected chi connectivity index (χ3v) is 8.13. The Kier molecular flexibility index (Phi) is 11.6. The summed E-state index contributed by atoms with van der Waals surface area (Å²) in [4.78, 5) is 31.3. The molecule has 1 saturated heterocycles. The molecule has 1 unspecified atom stereocenters. The average molecular weight is 614 g/mol. The molecule has 1 heterocycles. The topological polar surface area (TPSA) is 74.3 Å². The lowest BCUT2D eigenvalue weighted by molar-refractivity contribution is -0.131. The highest BCUT2D eigenvalue weighted by atomic mass is 35.5. The molecule has 1 atom stereocenters. The van der Waals surface area contributed by atoms with E-state index in [1.165, 1.54) is 6.92 Å². The van der Waals surface area contributed by atoms with Gasteiger partial charge in [0, 0.05) is 58.6 Å². The first-order valence-electron chi connectivity index (χ1n) is 14.0. The maximum atomic E-state index is 13.8. The Labute approximate surface area is 258 Å². The number of amides is 2. The van der Waals surface area contributed by atoms with Crippen molar-refractivity contribution >= 4 is 46.4 Å². The van der Waals surface area contributed by atoms with Crippen molar-refractivity contribution < 1.29 is 19.1 Å². The van der Waals surface area contributed by atoms with Crippen LogP contribution in [0.3, 0.4) is 0 Å². The van der Waals surface area contributed by atoms with E-state index in [0.29, 0.717) is 43.0 Å². The first kappa shape index (κ1) is 31.8. The zero-order valence-corrected chi connectivity index (χ0v) is 25.8. The number of nitrogens with one attached hydrogen (secondary N) is 1. The lowest BCUT2D eigenvalue weighted by Crippen LogP contribution is -2.46. The second kappa shape index (κ2) is 15.4. The molecule has 1 fully saturated rings. The molecular formula is C32H38Cl2N4O4. The Hall–Kier alpha value is -3.14. The van der Waals surface area contributed by atoms with Crippen LogP contribution in [0.25, 0.3) is 11.1 Å². The fraction of sp³-hybridized carbons (Fsp3) is 0.375. The van der Waals surface area contributed by atoms with Crippen molar-refractivity contribution in [3.05, 3.63) is 82.3 Å². The summed E-state index contributed by atoms with van der Waals surface area (Å²) < 4.78 is 10.9. The minimum atomic E-state index is -0.162. The SMILES string of the molecule is COCCN(CC(=O)N(C)C(CN1CCOCC1)c1ccc(-c2ccc(NC(C)=O)cc2)cc1)c1ccc(Cl)c(Cl)c1. The molecule has 2 amide bonds. The van der Waals surface area contributed by atoms with Gasteiger partial charge in [-0.25, -0.2) is 0 Å². The molecule has 0 aromatic heterocycles. The number of likely N-dealkylation sites (N-methyl/N-ethyl adjacent to an activating group) is 1. The van der Waals surface area contributed by atoms with Gasteiger partial charge < -0.3 is 24.6 Å². The predicted molar refractivity (Wildman–Crippen MR) is 170 cm³/mol. The van der Waals surface area contributed by atoms with Crippen LogP contribution in [-0.4, -0.2) is 88.3 Å². The van der Waals surface area contributed by atoms with E-state index in [1.54, 1.807) is 19.2 Å². The van der Waals surface area contributed by atoms with Crippen LogP contribution in [0.1, 0.15) is 18.5 Å². The molecule has 1 aliphatic heterocycles. The zero-order chi connectivity index (χ0) is 30.1. The van der Waals surface area contributed by atoms with Crippen molar-refractivity contribution in [1.82, 2.24) is 9.80 Å². The predicted octanol–water partition coefficient (Wildman–Crippen LogP) is 5.60. The number of hydrogen-bond donors (Lipinski definition) is 1. The van der Waals surface area contributed by atoms with E-state index in [-0.39, 0.29) is 24.4 Å². The van der Waals surface area contributed by atoms with E-state index >= 15 is 0 Å². The molecule has 10 heteroatoms. The Morgan fingerprint density at radius 1 is 0.976 bits per heavy atom. The first-order chi connectivity index (χ1) is 20.2. The Morgan fingerprint density at radius 2 is 1.62 bits per heavy atom. The number of methoxy groups -OCH3 is 1. The van der Waals surface area contributed by atoms with Crippen molar-refractivity contribution in [3.8, 4) is 11.1 Å². The van der Waals surface area contributed by atoms with Gasteiger partial charge in [-0.1, -0.05) is 59.6 Å². The third kappa shape index (κ3) is 8.69. The Morgan fingerprint density at radius 3 is 2.21 bits per heavy atom. The van der Waals surface area contributed by atoms with Crippen LogP contribution in [0, 0.1) is 0 Å². The molecule has 8 nitrogen and oxygen atoms in total. The Bertz CT molecular complexity index is 1330. The van der Waals surface area contributed by atoms with E-state index in [1.807, 2.05) is 47.2 Å². The summed E-state index contributed by atoms with van der Waals surface area (Å²) in [7, 11) is 3.51. The number of morpholine rings is 1. The first-order valence-corrected chi connectivity index (χ1v) is 14.7. The van der Waals surface area contributed by atoms with Gasteiger partial charge in [0.05, 0.1) is 42.5 Å². The van der Waals surface area contributed by atoms with Gasteiger partial charge in [0.15, 0.2) is 0 Å². The molecule has 0 saturated carbocycles. The third-order valence-electron chi connectivity index (χ3n) is 7.39. The van der Waals surface area contributed by atoms with Crippen LogP contribution in [0.2, 0.25) is 10.0 Å². The van der Waals surface area contributed by atoms with Gasteiger partial charge in [-0.15, -0.1) is 0 Å². The lowest BCUT2D eigenvalue weighted by atomic mass is 9.99. The molecule has 0 spiro atoms. The fourth-order valence-corrected chi connectivity index (χ4v) is 5.25. The van der Waals surface area contributed by atoms with Crippen LogP contribution >= 0.6 is 23.2 Å². The number of carbonyl (C=O) groups is 2. The van der Waals surface area contributed by atoms with Gasteiger partial charge in [0.25, 0.3) is 0 Å². The second-order valence-corrected chi connectivity index (χ2v) is 11.1. The number of halogens is 2. The van der Waals surface area contributed by atoms with Crippen molar-refractivity contribution in [3.63, 3.8) is 0 Å². The molecule has 4 rings (SSSR count). The second-order valence-electron chi connectivity index (χ2n) is 10.3. The summed E-state index contributed by atoms with van der Waals surface area (Å²) in [6, 6.07) is 21.3. The number of benzene rings is 3. The summed E-state index contributed by atoms with van der Waals surface area (Å²) in [6.45, 7) is 6.34. The quantitative estimate of drug-likeness (QED) is 0.287. The van der Waals surface area contributed by atoms with Gasteiger partial charge >= 0.3 is 0 Å². The molecule has 224 valence electrons. The van der Waals surface area contributed by atoms with Gasteiger partial charge in [-0.3, -0.25) is 14.5 Å². The maximum Gasteiger partial charge on any atom is 0.242 e. The summed E-state index contributed by atoms with van der Waals surface area (Å²) in [5.74, 6) is -0.121. The van der Waals surface area contributed by atoms with E-state index in [2.05, 4.69) is 34.5 Å². The molecular weight excluding hydrogens is 575 g/mol. The van der Waals surface area contributed by atoms with E-state index in [0.717, 1.165) is 41.2 Å². The zero-order valence-electron chi connectivity index (χ0n) is 24.3. The highest BCUT2D eigenvalue weighted by molar-refractivity contribution is 6.42. The molecule has 0 aliphatic carbocycles. The standard InChI is InChI=1S/C32H38Cl2N4O4/c1-23(39)35-27-10-8-25(9-11-27)24-4-6-26(7-5-24)31(21-37-14-18-42-19-15-37)36(2)32(40)22-38(16-17-41-3)28-12-13-29(33)30(34)20-28/h4-13,20,31H,14-19,21-22H2,1-3H3,(H,35,39). The molecule has 1 N–H and O–H groups in total. The normalized spacial score (nSPS) is 14.3. The van der Waals surface area contributed by atoms with Crippen molar-refractivity contribution in [2.24, 2.45) is 0 Å². The number of ether oxygens (including phenoxy) is 2. The van der Waals surface area contributed by atoms with Crippen molar-refractivity contribution in [2.75, 3.05) is 76.9 Å². The van der Waals surface area contributed by atoms with Gasteiger partial charge in [0.2, 0.25) is 11.8 Å². The highest BCUT2D eigenvalue weighted by Crippen LogP contribution is 2.29. The maximum absolute atomic E-state index is 13.8. The molecule has 42 heavy (non-hydrogen) atoms. The summed E-state index contributed by atoms with van der Waals surface area (Å²) in [6.07, 6.45) is 0. The number of anilines is 2. The number of carbonyl (C=O) groups excluding carboxylic acids is 2. The van der Waals surface area contributed by atoms with Gasteiger partial charge in [-0.05, 0) is 47.0 Å². The van der Waals surface area contributed by atoms with Crippen molar-refractivity contribution in [1.29, 1.82) is 0 Å². The van der Waals surface area contributed by atoms with Crippen LogP contribution in [-0.2, 0) is 19.1 Å². The van der Waals surface area contributed by atoms with E-state index < -0.39 is 0 Å². The highest BCUT2D eigenvalue weighted by Gasteiger charge is 2.27. The molecule has 3 aromatic rings. The van der Waals surface area contributed by atoms with E-state index in [9.17, 15) is 9.59 Å². The molecule has 0 radical (unpaired) electrons. The van der Waals surface area contributed by atoms with Crippen LogP contribution < -0.4 is 10.2 Å². The molecule has 3 aromatic carbocycles. The van der Waals surface area contributed by atoms with Crippen LogP contribution in [0.5, 0.6) is 0 Å².